The topological polar surface area (TPSA) is 66.9 Å². The van der Waals surface area contributed by atoms with Gasteiger partial charge in [-0.25, -0.2) is 0 Å². The number of nitrogens with one attached hydrogen (secondary N) is 2. The average molecular weight is 379 g/mol. The lowest BCUT2D eigenvalue weighted by atomic mass is 10.0. The van der Waals surface area contributed by atoms with Crippen molar-refractivity contribution in [3.8, 4) is 0 Å². The van der Waals surface area contributed by atoms with E-state index >= 15 is 0 Å². The SMILES string of the molecule is CC(C)c1ccc(Nc2nnc(SCC(=O)N[C@H](C)C(C)C)s2)cc1. The molecule has 0 aliphatic heterocycles. The Morgan fingerprint density at radius 3 is 2.40 bits per heavy atom. The van der Waals surface area contributed by atoms with Gasteiger partial charge in [0.1, 0.15) is 0 Å². The van der Waals surface area contributed by atoms with Crippen molar-refractivity contribution in [2.24, 2.45) is 5.92 Å². The maximum absolute atomic E-state index is 11.9. The Morgan fingerprint density at radius 2 is 1.80 bits per heavy atom. The lowest BCUT2D eigenvalue weighted by Crippen LogP contribution is -2.37. The largest absolute Gasteiger partial charge is 0.353 e. The Kier molecular flexibility index (Phi) is 7.25. The molecule has 0 fully saturated rings. The highest BCUT2D eigenvalue weighted by Crippen LogP contribution is 2.28. The van der Waals surface area contributed by atoms with Crippen LogP contribution in [0.25, 0.3) is 0 Å². The predicted octanol–water partition coefficient (Wildman–Crippen LogP) is 4.66. The van der Waals surface area contributed by atoms with Crippen molar-refractivity contribution in [1.82, 2.24) is 15.5 Å². The van der Waals surface area contributed by atoms with Crippen molar-refractivity contribution in [3.05, 3.63) is 29.8 Å². The van der Waals surface area contributed by atoms with E-state index < -0.39 is 0 Å². The Labute approximate surface area is 158 Å². The van der Waals surface area contributed by atoms with Crippen LogP contribution in [0, 0.1) is 5.92 Å². The number of nitrogens with zero attached hydrogens (tertiary/aromatic N) is 2. The summed E-state index contributed by atoms with van der Waals surface area (Å²) in [6.45, 7) is 10.6. The van der Waals surface area contributed by atoms with E-state index in [0.717, 1.165) is 15.2 Å². The molecule has 1 aromatic carbocycles. The van der Waals surface area contributed by atoms with E-state index in [-0.39, 0.29) is 11.9 Å². The molecule has 0 spiro atoms. The van der Waals surface area contributed by atoms with Gasteiger partial charge in [-0.2, -0.15) is 0 Å². The summed E-state index contributed by atoms with van der Waals surface area (Å²) in [6.07, 6.45) is 0. The number of anilines is 2. The van der Waals surface area contributed by atoms with Gasteiger partial charge in [0.15, 0.2) is 4.34 Å². The second-order valence-corrected chi connectivity index (χ2v) is 8.86. The lowest BCUT2D eigenvalue weighted by molar-refractivity contribution is -0.119. The number of hydrogen-bond donors (Lipinski definition) is 2. The number of carbonyl (C=O) groups excluding carboxylic acids is 1. The van der Waals surface area contributed by atoms with Crippen LogP contribution in [0.2, 0.25) is 0 Å². The van der Waals surface area contributed by atoms with Crippen LogP contribution in [0.1, 0.15) is 46.1 Å². The minimum absolute atomic E-state index is 0.0279. The van der Waals surface area contributed by atoms with Gasteiger partial charge in [-0.05, 0) is 36.5 Å². The van der Waals surface area contributed by atoms with Crippen molar-refractivity contribution < 1.29 is 4.79 Å². The molecule has 1 heterocycles. The minimum atomic E-state index is 0.0279. The molecule has 136 valence electrons. The molecule has 1 amide bonds. The standard InChI is InChI=1S/C18H26N4OS2/c1-11(2)13(5)19-16(23)10-24-18-22-21-17(25-18)20-15-8-6-14(7-9-15)12(3)4/h6-9,11-13H,10H2,1-5H3,(H,19,23)(H,20,21)/t13-/m1/s1. The van der Waals surface area contributed by atoms with Gasteiger partial charge in [0.25, 0.3) is 0 Å². The molecule has 2 rings (SSSR count). The molecular formula is C18H26N4OS2. The Balaban J connectivity index is 1.84. The lowest BCUT2D eigenvalue weighted by Gasteiger charge is -2.16. The average Bonchev–Trinajstić information content (AvgIpc) is 3.00. The summed E-state index contributed by atoms with van der Waals surface area (Å²) in [7, 11) is 0. The summed E-state index contributed by atoms with van der Waals surface area (Å²) in [5.41, 5.74) is 2.29. The number of aromatic nitrogens is 2. The minimum Gasteiger partial charge on any atom is -0.353 e. The summed E-state index contributed by atoms with van der Waals surface area (Å²) >= 11 is 2.87. The summed E-state index contributed by atoms with van der Waals surface area (Å²) in [6, 6.07) is 8.50. The summed E-state index contributed by atoms with van der Waals surface area (Å²) in [4.78, 5) is 11.9. The zero-order valence-corrected chi connectivity index (χ0v) is 17.0. The maximum Gasteiger partial charge on any atom is 0.230 e. The van der Waals surface area contributed by atoms with E-state index in [9.17, 15) is 4.79 Å². The van der Waals surface area contributed by atoms with Gasteiger partial charge in [-0.15, -0.1) is 10.2 Å². The van der Waals surface area contributed by atoms with Crippen molar-refractivity contribution in [2.45, 2.75) is 50.9 Å². The molecule has 0 bridgehead atoms. The van der Waals surface area contributed by atoms with Crippen LogP contribution < -0.4 is 10.6 Å². The fourth-order valence-electron chi connectivity index (χ4n) is 1.98. The number of hydrogen-bond acceptors (Lipinski definition) is 6. The van der Waals surface area contributed by atoms with Gasteiger partial charge < -0.3 is 10.6 Å². The molecule has 1 atom stereocenters. The molecule has 2 N–H and O–H groups in total. The van der Waals surface area contributed by atoms with Gasteiger partial charge in [0.2, 0.25) is 11.0 Å². The number of rotatable bonds is 8. The number of benzene rings is 1. The molecule has 0 aliphatic rings. The highest BCUT2D eigenvalue weighted by Gasteiger charge is 2.12. The maximum atomic E-state index is 11.9. The molecule has 0 radical (unpaired) electrons. The first-order chi connectivity index (χ1) is 11.8. The van der Waals surface area contributed by atoms with E-state index in [0.29, 0.717) is 17.6 Å². The highest BCUT2D eigenvalue weighted by molar-refractivity contribution is 8.01. The van der Waals surface area contributed by atoms with E-state index in [4.69, 9.17) is 0 Å². The van der Waals surface area contributed by atoms with Crippen LogP contribution in [-0.2, 0) is 4.79 Å². The van der Waals surface area contributed by atoms with Crippen molar-refractivity contribution in [3.63, 3.8) is 0 Å². The van der Waals surface area contributed by atoms with Crippen LogP contribution >= 0.6 is 23.1 Å². The molecule has 0 saturated carbocycles. The smallest absolute Gasteiger partial charge is 0.230 e. The van der Waals surface area contributed by atoms with Crippen LogP contribution in [0.5, 0.6) is 0 Å². The zero-order valence-electron chi connectivity index (χ0n) is 15.4. The molecule has 25 heavy (non-hydrogen) atoms. The van der Waals surface area contributed by atoms with E-state index in [1.54, 1.807) is 0 Å². The number of amides is 1. The fraction of sp³-hybridized carbons (Fsp3) is 0.500. The van der Waals surface area contributed by atoms with E-state index in [2.05, 4.69) is 60.7 Å². The Bertz CT molecular complexity index is 683. The number of carbonyl (C=O) groups is 1. The summed E-state index contributed by atoms with van der Waals surface area (Å²) in [5.74, 6) is 1.33. The van der Waals surface area contributed by atoms with Crippen LogP contribution in [0.3, 0.4) is 0 Å². The molecule has 5 nitrogen and oxygen atoms in total. The molecule has 0 aliphatic carbocycles. The Hall–Kier alpha value is -1.60. The molecule has 0 saturated heterocycles. The molecule has 0 unspecified atom stereocenters. The second kappa shape index (κ2) is 9.20. The first-order valence-electron chi connectivity index (χ1n) is 8.47. The molecule has 1 aromatic heterocycles. The summed E-state index contributed by atoms with van der Waals surface area (Å²) < 4.78 is 0.786. The fourth-order valence-corrected chi connectivity index (χ4v) is 3.57. The van der Waals surface area contributed by atoms with E-state index in [1.807, 2.05) is 19.1 Å². The third-order valence-electron chi connectivity index (χ3n) is 3.95. The van der Waals surface area contributed by atoms with Crippen molar-refractivity contribution >= 4 is 39.8 Å². The van der Waals surface area contributed by atoms with Crippen LogP contribution in [0.4, 0.5) is 10.8 Å². The van der Waals surface area contributed by atoms with Crippen molar-refractivity contribution in [1.29, 1.82) is 0 Å². The third-order valence-corrected chi connectivity index (χ3v) is 5.92. The zero-order chi connectivity index (χ0) is 18.4. The predicted molar refractivity (Wildman–Crippen MR) is 107 cm³/mol. The third kappa shape index (κ3) is 6.32. The highest BCUT2D eigenvalue weighted by atomic mass is 32.2. The van der Waals surface area contributed by atoms with Gasteiger partial charge in [-0.3, -0.25) is 4.79 Å². The normalized spacial score (nSPS) is 12.4. The van der Waals surface area contributed by atoms with Gasteiger partial charge in [-0.1, -0.05) is 62.9 Å². The van der Waals surface area contributed by atoms with Gasteiger partial charge in [0, 0.05) is 11.7 Å². The van der Waals surface area contributed by atoms with Gasteiger partial charge in [0.05, 0.1) is 5.75 Å². The van der Waals surface area contributed by atoms with Crippen LogP contribution in [-0.4, -0.2) is 27.9 Å². The Morgan fingerprint density at radius 1 is 1.12 bits per heavy atom. The van der Waals surface area contributed by atoms with Crippen LogP contribution in [0.15, 0.2) is 28.6 Å². The molecule has 7 heteroatoms. The second-order valence-electron chi connectivity index (χ2n) is 6.66. The van der Waals surface area contributed by atoms with Gasteiger partial charge >= 0.3 is 0 Å². The summed E-state index contributed by atoms with van der Waals surface area (Å²) in [5, 5.41) is 15.3. The van der Waals surface area contributed by atoms with Crippen molar-refractivity contribution in [2.75, 3.05) is 11.1 Å². The monoisotopic (exact) mass is 378 g/mol. The molecular weight excluding hydrogens is 352 g/mol. The first kappa shape index (κ1) is 19.7. The molecule has 2 aromatic rings. The quantitative estimate of drug-likeness (QED) is 0.654. The van der Waals surface area contributed by atoms with E-state index in [1.165, 1.54) is 28.7 Å². The number of thioether (sulfide) groups is 1. The first-order valence-corrected chi connectivity index (χ1v) is 10.3.